The first-order chi connectivity index (χ1) is 14.8. The van der Waals surface area contributed by atoms with Gasteiger partial charge in [0.25, 0.3) is 11.8 Å². The number of thioether (sulfide) groups is 1. The van der Waals surface area contributed by atoms with Crippen molar-refractivity contribution in [1.82, 2.24) is 5.48 Å². The maximum atomic E-state index is 12.4. The summed E-state index contributed by atoms with van der Waals surface area (Å²) in [7, 11) is 0. The lowest BCUT2D eigenvalue weighted by Gasteiger charge is -2.16. The van der Waals surface area contributed by atoms with Crippen LogP contribution < -0.4 is 10.8 Å². The van der Waals surface area contributed by atoms with E-state index in [1.54, 1.807) is 54.0 Å². The van der Waals surface area contributed by atoms with Crippen molar-refractivity contribution < 1.29 is 28.0 Å². The molecule has 160 valence electrons. The van der Waals surface area contributed by atoms with Gasteiger partial charge in [0.05, 0.1) is 5.92 Å². The Morgan fingerprint density at radius 2 is 1.42 bits per heavy atom. The second kappa shape index (κ2) is 9.67. The molecule has 3 aromatic rings. The van der Waals surface area contributed by atoms with E-state index < -0.39 is 23.2 Å². The minimum absolute atomic E-state index is 0.0116. The molecule has 0 aliphatic heterocycles. The van der Waals surface area contributed by atoms with Crippen molar-refractivity contribution in [2.45, 2.75) is 16.3 Å². The van der Waals surface area contributed by atoms with Crippen LogP contribution in [-0.4, -0.2) is 22.5 Å². The number of hydrogen-bond donors (Lipinski definition) is 3. The predicted molar refractivity (Wildman–Crippen MR) is 111 cm³/mol. The Kier molecular flexibility index (Phi) is 6.98. The van der Waals surface area contributed by atoms with Crippen LogP contribution in [0.4, 0.5) is 18.9 Å². The Morgan fingerprint density at radius 1 is 0.839 bits per heavy atom. The fourth-order valence-electron chi connectivity index (χ4n) is 2.98. The van der Waals surface area contributed by atoms with E-state index in [0.29, 0.717) is 16.8 Å². The standard InChI is InChI=1S/C22H17F3N2O3S/c23-22(24,25)31-18-12-8-16(9-13-18)20(28)26-17-10-6-15(7-11-17)19(21(29)27-30)14-4-2-1-3-5-14/h1-13,19,30H,(H,26,28)(H,27,29). The van der Waals surface area contributed by atoms with E-state index in [1.165, 1.54) is 24.3 Å². The Bertz CT molecular complexity index is 1040. The molecule has 3 aromatic carbocycles. The lowest BCUT2D eigenvalue weighted by Crippen LogP contribution is -2.27. The van der Waals surface area contributed by atoms with Crippen molar-refractivity contribution in [3.63, 3.8) is 0 Å². The molecule has 1 atom stereocenters. The van der Waals surface area contributed by atoms with Gasteiger partial charge in [0.15, 0.2) is 0 Å². The van der Waals surface area contributed by atoms with Crippen LogP contribution in [0.5, 0.6) is 0 Å². The molecule has 9 heteroatoms. The molecule has 0 aliphatic carbocycles. The second-order valence-corrected chi connectivity index (χ2v) is 7.61. The SMILES string of the molecule is O=C(Nc1ccc(C(C(=O)NO)c2ccccc2)cc1)c1ccc(SC(F)(F)F)cc1. The van der Waals surface area contributed by atoms with Gasteiger partial charge in [-0.3, -0.25) is 14.8 Å². The topological polar surface area (TPSA) is 78.4 Å². The van der Waals surface area contributed by atoms with Crippen LogP contribution in [0.2, 0.25) is 0 Å². The summed E-state index contributed by atoms with van der Waals surface area (Å²) in [6, 6.07) is 20.5. The molecular formula is C22H17F3N2O3S. The summed E-state index contributed by atoms with van der Waals surface area (Å²) in [5.74, 6) is -1.82. The van der Waals surface area contributed by atoms with Crippen molar-refractivity contribution >= 4 is 29.3 Å². The number of hydrogen-bond acceptors (Lipinski definition) is 4. The molecule has 0 aliphatic rings. The largest absolute Gasteiger partial charge is 0.446 e. The third-order valence-corrected chi connectivity index (χ3v) is 5.10. The smallest absolute Gasteiger partial charge is 0.322 e. The quantitative estimate of drug-likeness (QED) is 0.277. The summed E-state index contributed by atoms with van der Waals surface area (Å²) >= 11 is -0.250. The minimum atomic E-state index is -4.39. The number of benzene rings is 3. The number of amides is 2. The van der Waals surface area contributed by atoms with Crippen LogP contribution in [0.1, 0.15) is 27.4 Å². The van der Waals surface area contributed by atoms with Crippen molar-refractivity contribution in [2.24, 2.45) is 0 Å². The van der Waals surface area contributed by atoms with E-state index >= 15 is 0 Å². The van der Waals surface area contributed by atoms with Crippen LogP contribution in [0, 0.1) is 0 Å². The van der Waals surface area contributed by atoms with Gasteiger partial charge in [-0.2, -0.15) is 13.2 Å². The first kappa shape index (κ1) is 22.4. The molecule has 0 aromatic heterocycles. The second-order valence-electron chi connectivity index (χ2n) is 6.47. The maximum Gasteiger partial charge on any atom is 0.446 e. The Balaban J connectivity index is 1.72. The highest BCUT2D eigenvalue weighted by Gasteiger charge is 2.29. The zero-order chi connectivity index (χ0) is 22.4. The van der Waals surface area contributed by atoms with E-state index in [-0.39, 0.29) is 22.2 Å². The highest BCUT2D eigenvalue weighted by atomic mass is 32.2. The van der Waals surface area contributed by atoms with E-state index in [4.69, 9.17) is 5.21 Å². The van der Waals surface area contributed by atoms with Gasteiger partial charge in [0, 0.05) is 16.1 Å². The van der Waals surface area contributed by atoms with E-state index in [1.807, 2.05) is 6.07 Å². The summed E-state index contributed by atoms with van der Waals surface area (Å²) < 4.78 is 37.2. The van der Waals surface area contributed by atoms with Crippen LogP contribution in [0.25, 0.3) is 0 Å². The van der Waals surface area contributed by atoms with Gasteiger partial charge < -0.3 is 5.32 Å². The van der Waals surface area contributed by atoms with Gasteiger partial charge >= 0.3 is 5.51 Å². The van der Waals surface area contributed by atoms with E-state index in [2.05, 4.69) is 5.32 Å². The highest BCUT2D eigenvalue weighted by Crippen LogP contribution is 2.36. The normalized spacial score (nSPS) is 12.1. The third-order valence-electron chi connectivity index (χ3n) is 4.36. The molecule has 5 nitrogen and oxygen atoms in total. The molecule has 1 unspecified atom stereocenters. The molecule has 0 fully saturated rings. The fourth-order valence-corrected chi connectivity index (χ4v) is 3.51. The molecule has 31 heavy (non-hydrogen) atoms. The van der Waals surface area contributed by atoms with E-state index in [0.717, 1.165) is 0 Å². The lowest BCUT2D eigenvalue weighted by molar-refractivity contribution is -0.129. The summed E-state index contributed by atoms with van der Waals surface area (Å²) in [6.45, 7) is 0. The molecule has 3 N–H and O–H groups in total. The zero-order valence-electron chi connectivity index (χ0n) is 15.9. The monoisotopic (exact) mass is 446 g/mol. The molecule has 0 saturated heterocycles. The third kappa shape index (κ3) is 6.09. The summed E-state index contributed by atoms with van der Waals surface area (Å²) in [5.41, 5.74) is -0.791. The van der Waals surface area contributed by atoms with Gasteiger partial charge in [-0.1, -0.05) is 42.5 Å². The van der Waals surface area contributed by atoms with Crippen LogP contribution in [0.15, 0.2) is 83.8 Å². The summed E-state index contributed by atoms with van der Waals surface area (Å²) in [4.78, 5) is 24.5. The fraction of sp³-hybridized carbons (Fsp3) is 0.0909. The number of carbonyl (C=O) groups is 2. The molecule has 0 bridgehead atoms. The molecule has 0 saturated carbocycles. The maximum absolute atomic E-state index is 12.4. The lowest BCUT2D eigenvalue weighted by atomic mass is 9.90. The Morgan fingerprint density at radius 3 is 1.97 bits per heavy atom. The predicted octanol–water partition coefficient (Wildman–Crippen LogP) is 5.19. The van der Waals surface area contributed by atoms with E-state index in [9.17, 15) is 22.8 Å². The van der Waals surface area contributed by atoms with Gasteiger partial charge in [-0.15, -0.1) is 0 Å². The highest BCUT2D eigenvalue weighted by molar-refractivity contribution is 8.00. The number of carbonyl (C=O) groups excluding carboxylic acids is 2. The van der Waals surface area contributed by atoms with Gasteiger partial charge in [0.1, 0.15) is 0 Å². The molecule has 3 rings (SSSR count). The first-order valence-corrected chi connectivity index (χ1v) is 9.84. The van der Waals surface area contributed by atoms with Crippen molar-refractivity contribution in [3.05, 3.63) is 95.6 Å². The Hall–Kier alpha value is -3.30. The average Bonchev–Trinajstić information content (AvgIpc) is 2.75. The van der Waals surface area contributed by atoms with Gasteiger partial charge in [-0.05, 0) is 59.3 Å². The molecule has 2 amide bonds. The van der Waals surface area contributed by atoms with Crippen LogP contribution in [-0.2, 0) is 4.79 Å². The van der Waals surface area contributed by atoms with Crippen molar-refractivity contribution in [2.75, 3.05) is 5.32 Å². The van der Waals surface area contributed by atoms with Crippen molar-refractivity contribution in [3.8, 4) is 0 Å². The molecule has 0 heterocycles. The van der Waals surface area contributed by atoms with Crippen LogP contribution >= 0.6 is 11.8 Å². The number of rotatable bonds is 6. The zero-order valence-corrected chi connectivity index (χ0v) is 16.7. The van der Waals surface area contributed by atoms with Gasteiger partial charge in [0.2, 0.25) is 0 Å². The number of nitrogens with one attached hydrogen (secondary N) is 2. The summed E-state index contributed by atoms with van der Waals surface area (Å²) in [5, 5.41) is 11.7. The van der Waals surface area contributed by atoms with Gasteiger partial charge in [-0.25, -0.2) is 5.48 Å². The van der Waals surface area contributed by atoms with Crippen molar-refractivity contribution in [1.29, 1.82) is 0 Å². The molecule has 0 radical (unpaired) electrons. The average molecular weight is 446 g/mol. The minimum Gasteiger partial charge on any atom is -0.322 e. The number of alkyl halides is 3. The molecular weight excluding hydrogens is 429 g/mol. The number of halogens is 3. The number of hydroxylamine groups is 1. The summed E-state index contributed by atoms with van der Waals surface area (Å²) in [6.07, 6.45) is 0. The van der Waals surface area contributed by atoms with Crippen LogP contribution in [0.3, 0.4) is 0 Å². The Labute approximate surface area is 180 Å². The number of anilines is 1. The molecule has 0 spiro atoms. The first-order valence-electron chi connectivity index (χ1n) is 9.03.